The van der Waals surface area contributed by atoms with E-state index in [1.54, 1.807) is 18.2 Å². The van der Waals surface area contributed by atoms with Gasteiger partial charge in [-0.1, -0.05) is 35.3 Å². The van der Waals surface area contributed by atoms with Crippen molar-refractivity contribution in [2.45, 2.75) is 12.5 Å². The molecule has 1 N–H and O–H groups in total. The average Bonchev–Trinajstić information content (AvgIpc) is 3.04. The van der Waals surface area contributed by atoms with Gasteiger partial charge < -0.3 is 15.0 Å². The molecule has 2 aromatic rings. The minimum atomic E-state index is -0.233. The van der Waals surface area contributed by atoms with Crippen molar-refractivity contribution in [1.82, 2.24) is 10.2 Å². The number of carbonyl (C=O) groups is 1. The van der Waals surface area contributed by atoms with E-state index in [9.17, 15) is 4.79 Å². The zero-order chi connectivity index (χ0) is 18.0. The lowest BCUT2D eigenvalue weighted by Crippen LogP contribution is -2.34. The lowest BCUT2D eigenvalue weighted by atomic mass is 10.0. The zero-order valence-corrected chi connectivity index (χ0v) is 15.7. The number of hydrogen-bond donors (Lipinski definition) is 1. The van der Waals surface area contributed by atoms with Gasteiger partial charge in [0.05, 0.1) is 23.2 Å². The summed E-state index contributed by atoms with van der Waals surface area (Å²) in [4.78, 5) is 14.6. The predicted molar refractivity (Wildman–Crippen MR) is 101 cm³/mol. The van der Waals surface area contributed by atoms with E-state index in [1.807, 2.05) is 26.2 Å². The first kappa shape index (κ1) is 18.1. The number of amides is 1. The maximum atomic E-state index is 12.5. The van der Waals surface area contributed by atoms with Crippen LogP contribution in [0.2, 0.25) is 10.0 Å². The van der Waals surface area contributed by atoms with Crippen LogP contribution in [-0.4, -0.2) is 38.1 Å². The first-order chi connectivity index (χ1) is 12.0. The highest BCUT2D eigenvalue weighted by Gasteiger charge is 2.20. The molecular formula is C19H20Cl2N2O2. The molecule has 1 aliphatic heterocycles. The summed E-state index contributed by atoms with van der Waals surface area (Å²) in [5, 5.41) is 3.83. The fourth-order valence-corrected chi connectivity index (χ4v) is 3.34. The molecule has 0 bridgehead atoms. The van der Waals surface area contributed by atoms with Gasteiger partial charge in [0, 0.05) is 18.0 Å². The number of hydrogen-bond acceptors (Lipinski definition) is 3. The van der Waals surface area contributed by atoms with Crippen LogP contribution in [0.5, 0.6) is 5.75 Å². The highest BCUT2D eigenvalue weighted by atomic mass is 35.5. The molecular weight excluding hydrogens is 359 g/mol. The SMILES string of the molecule is CN(C)C(CNC(=O)c1cc(Cl)ccc1Cl)c1ccc2c(c1)CCO2. The number of nitrogens with one attached hydrogen (secondary N) is 1. The molecule has 1 aliphatic rings. The third kappa shape index (κ3) is 4.09. The van der Waals surface area contributed by atoms with Gasteiger partial charge in [-0.05, 0) is 49.5 Å². The zero-order valence-electron chi connectivity index (χ0n) is 14.2. The van der Waals surface area contributed by atoms with Gasteiger partial charge in [-0.25, -0.2) is 0 Å². The Morgan fingerprint density at radius 2 is 2.04 bits per heavy atom. The molecule has 0 saturated carbocycles. The monoisotopic (exact) mass is 378 g/mol. The van der Waals surface area contributed by atoms with Crippen LogP contribution < -0.4 is 10.1 Å². The Morgan fingerprint density at radius 1 is 1.24 bits per heavy atom. The van der Waals surface area contributed by atoms with Crippen LogP contribution in [0, 0.1) is 0 Å². The Hall–Kier alpha value is -1.75. The smallest absolute Gasteiger partial charge is 0.252 e. The molecule has 3 rings (SSSR count). The van der Waals surface area contributed by atoms with Crippen molar-refractivity contribution in [1.29, 1.82) is 0 Å². The van der Waals surface area contributed by atoms with E-state index in [0.29, 0.717) is 22.2 Å². The largest absolute Gasteiger partial charge is 0.493 e. The summed E-state index contributed by atoms with van der Waals surface area (Å²) in [6.07, 6.45) is 0.924. The van der Waals surface area contributed by atoms with Crippen LogP contribution in [0.25, 0.3) is 0 Å². The van der Waals surface area contributed by atoms with E-state index >= 15 is 0 Å². The van der Waals surface area contributed by atoms with E-state index in [1.165, 1.54) is 5.56 Å². The van der Waals surface area contributed by atoms with Gasteiger partial charge in [0.15, 0.2) is 0 Å². The summed E-state index contributed by atoms with van der Waals surface area (Å²) in [5.41, 5.74) is 2.74. The van der Waals surface area contributed by atoms with E-state index < -0.39 is 0 Å². The second-order valence-electron chi connectivity index (χ2n) is 6.28. The molecule has 0 aromatic heterocycles. The average molecular weight is 379 g/mol. The molecule has 1 atom stereocenters. The molecule has 6 heteroatoms. The molecule has 1 amide bonds. The maximum Gasteiger partial charge on any atom is 0.252 e. The van der Waals surface area contributed by atoms with E-state index in [0.717, 1.165) is 24.3 Å². The summed E-state index contributed by atoms with van der Waals surface area (Å²) in [6, 6.07) is 11.1. The molecule has 132 valence electrons. The maximum absolute atomic E-state index is 12.5. The number of benzene rings is 2. The topological polar surface area (TPSA) is 41.6 Å². The van der Waals surface area contributed by atoms with Gasteiger partial charge in [-0.2, -0.15) is 0 Å². The van der Waals surface area contributed by atoms with Crippen molar-refractivity contribution in [3.63, 3.8) is 0 Å². The minimum Gasteiger partial charge on any atom is -0.493 e. The van der Waals surface area contributed by atoms with Gasteiger partial charge >= 0.3 is 0 Å². The summed E-state index contributed by atoms with van der Waals surface area (Å²) in [5.74, 6) is 0.722. The predicted octanol–water partition coefficient (Wildman–Crippen LogP) is 3.96. The highest BCUT2D eigenvalue weighted by Crippen LogP contribution is 2.29. The van der Waals surface area contributed by atoms with E-state index in [4.69, 9.17) is 27.9 Å². The molecule has 0 saturated heterocycles. The Labute approximate surface area is 157 Å². The van der Waals surface area contributed by atoms with Gasteiger partial charge in [0.25, 0.3) is 5.91 Å². The minimum absolute atomic E-state index is 0.0489. The fourth-order valence-electron chi connectivity index (χ4n) is 2.97. The summed E-state index contributed by atoms with van der Waals surface area (Å²) in [6.45, 7) is 1.20. The Bertz CT molecular complexity index is 793. The second-order valence-corrected chi connectivity index (χ2v) is 7.12. The van der Waals surface area contributed by atoms with Gasteiger partial charge in [0.1, 0.15) is 5.75 Å². The van der Waals surface area contributed by atoms with Crippen LogP contribution in [0.1, 0.15) is 27.5 Å². The summed E-state index contributed by atoms with van der Waals surface area (Å²) >= 11 is 12.1. The van der Waals surface area contributed by atoms with Crippen molar-refractivity contribution in [2.24, 2.45) is 0 Å². The third-order valence-corrected chi connectivity index (χ3v) is 4.92. The molecule has 1 heterocycles. The third-order valence-electron chi connectivity index (χ3n) is 4.35. The first-order valence-corrected chi connectivity index (χ1v) is 8.86. The molecule has 2 aromatic carbocycles. The molecule has 1 unspecified atom stereocenters. The normalized spacial score (nSPS) is 14.1. The van der Waals surface area contributed by atoms with Crippen LogP contribution in [0.15, 0.2) is 36.4 Å². The first-order valence-electron chi connectivity index (χ1n) is 8.11. The van der Waals surface area contributed by atoms with Gasteiger partial charge in [0.2, 0.25) is 0 Å². The fraction of sp³-hybridized carbons (Fsp3) is 0.316. The molecule has 4 nitrogen and oxygen atoms in total. The number of rotatable bonds is 5. The van der Waals surface area contributed by atoms with Crippen molar-refractivity contribution in [2.75, 3.05) is 27.2 Å². The molecule has 0 spiro atoms. The second kappa shape index (κ2) is 7.65. The number of halogens is 2. The van der Waals surface area contributed by atoms with Crippen molar-refractivity contribution >= 4 is 29.1 Å². The Kier molecular flexibility index (Phi) is 5.52. The molecule has 0 aliphatic carbocycles. The van der Waals surface area contributed by atoms with E-state index in [-0.39, 0.29) is 11.9 Å². The number of carbonyl (C=O) groups excluding carboxylic acids is 1. The number of nitrogens with zero attached hydrogens (tertiary/aromatic N) is 1. The molecule has 0 fully saturated rings. The van der Waals surface area contributed by atoms with Crippen LogP contribution in [-0.2, 0) is 6.42 Å². The van der Waals surface area contributed by atoms with Crippen LogP contribution in [0.3, 0.4) is 0 Å². The highest BCUT2D eigenvalue weighted by molar-refractivity contribution is 6.35. The van der Waals surface area contributed by atoms with E-state index in [2.05, 4.69) is 16.3 Å². The standard InChI is InChI=1S/C19H20Cl2N2O2/c1-23(2)17(12-3-6-18-13(9-12)7-8-25-18)11-22-19(24)15-10-14(20)4-5-16(15)21/h3-6,9-10,17H,7-8,11H2,1-2H3,(H,22,24). The van der Waals surface area contributed by atoms with Crippen LogP contribution in [0.4, 0.5) is 0 Å². The number of fused-ring (bicyclic) bond motifs is 1. The lowest BCUT2D eigenvalue weighted by molar-refractivity contribution is 0.0942. The molecule has 0 radical (unpaired) electrons. The van der Waals surface area contributed by atoms with Crippen molar-refractivity contribution in [3.05, 3.63) is 63.1 Å². The lowest BCUT2D eigenvalue weighted by Gasteiger charge is -2.25. The van der Waals surface area contributed by atoms with Crippen molar-refractivity contribution < 1.29 is 9.53 Å². The summed E-state index contributed by atoms with van der Waals surface area (Å²) in [7, 11) is 3.99. The van der Waals surface area contributed by atoms with Gasteiger partial charge in [-0.3, -0.25) is 4.79 Å². The number of likely N-dealkylation sites (N-methyl/N-ethyl adjacent to an activating group) is 1. The van der Waals surface area contributed by atoms with Gasteiger partial charge in [-0.15, -0.1) is 0 Å². The summed E-state index contributed by atoms with van der Waals surface area (Å²) < 4.78 is 5.56. The quantitative estimate of drug-likeness (QED) is 0.855. The van der Waals surface area contributed by atoms with Crippen molar-refractivity contribution in [3.8, 4) is 5.75 Å². The van der Waals surface area contributed by atoms with Crippen LogP contribution >= 0.6 is 23.2 Å². The molecule has 25 heavy (non-hydrogen) atoms. The Balaban J connectivity index is 1.74. The number of ether oxygens (including phenoxy) is 1. The Morgan fingerprint density at radius 3 is 2.80 bits per heavy atom.